The van der Waals surface area contributed by atoms with Crippen LogP contribution in [0.2, 0.25) is 0 Å². The summed E-state index contributed by atoms with van der Waals surface area (Å²) in [5.74, 6) is -2.33. The Labute approximate surface area is 113 Å². The molecule has 0 aliphatic carbocycles. The molecule has 0 saturated carbocycles. The Kier molecular flexibility index (Phi) is 4.24. The smallest absolute Gasteiger partial charge is 0.404 e. The number of hydrogen-bond acceptors (Lipinski definition) is 1. The topological polar surface area (TPSA) is 9.23 Å². The van der Waals surface area contributed by atoms with E-state index in [1.807, 2.05) is 0 Å². The zero-order chi connectivity index (χ0) is 15.9. The lowest BCUT2D eigenvalue weighted by Crippen LogP contribution is -2.23. The van der Waals surface area contributed by atoms with Gasteiger partial charge in [0.25, 0.3) is 0 Å². The van der Waals surface area contributed by atoms with Gasteiger partial charge in [-0.2, -0.15) is 26.3 Å². The molecule has 1 rings (SSSR count). The minimum atomic E-state index is -5.70. The number of hydrogen-bond donors (Lipinski definition) is 0. The predicted molar refractivity (Wildman–Crippen MR) is 50.8 cm³/mol. The summed E-state index contributed by atoms with van der Waals surface area (Å²) in [5, 5.41) is 0. The maximum atomic E-state index is 12.5. The van der Waals surface area contributed by atoms with Crippen LogP contribution in [0.1, 0.15) is 11.1 Å². The lowest BCUT2D eigenvalue weighted by molar-refractivity contribution is -0.278. The average molecular weight is 377 g/mol. The fraction of sp³-hybridized carbons (Fsp3) is 0.333. The van der Waals surface area contributed by atoms with E-state index in [2.05, 4.69) is 20.7 Å². The molecule has 20 heavy (non-hydrogen) atoms. The van der Waals surface area contributed by atoms with Gasteiger partial charge in [-0.05, 0) is 12.1 Å². The summed E-state index contributed by atoms with van der Waals surface area (Å²) in [7, 11) is 0. The second kappa shape index (κ2) is 5.01. The molecule has 0 spiro atoms. The fourth-order valence-electron chi connectivity index (χ4n) is 1.24. The number of halogens is 10. The van der Waals surface area contributed by atoms with Gasteiger partial charge >= 0.3 is 18.7 Å². The molecular formula is C9H2BrF9O. The zero-order valence-corrected chi connectivity index (χ0v) is 10.4. The van der Waals surface area contributed by atoms with Crippen LogP contribution in [0.3, 0.4) is 0 Å². The van der Waals surface area contributed by atoms with Gasteiger partial charge < -0.3 is 4.74 Å². The molecule has 0 aliphatic rings. The first-order chi connectivity index (χ1) is 8.72. The van der Waals surface area contributed by atoms with E-state index in [-0.39, 0.29) is 12.1 Å². The van der Waals surface area contributed by atoms with Gasteiger partial charge in [0.1, 0.15) is 0 Å². The van der Waals surface area contributed by atoms with Crippen LogP contribution >= 0.6 is 15.9 Å². The van der Waals surface area contributed by atoms with E-state index in [1.165, 1.54) is 0 Å². The highest BCUT2D eigenvalue weighted by atomic mass is 79.9. The molecule has 1 nitrogen and oxygen atoms in total. The maximum Gasteiger partial charge on any atom is 0.573 e. The first-order valence-corrected chi connectivity index (χ1v) is 5.25. The Hall–Kier alpha value is -1.13. The summed E-state index contributed by atoms with van der Waals surface area (Å²) in [6, 6.07) is 0.132. The Morgan fingerprint density at radius 2 is 1.10 bits per heavy atom. The standard InChI is InChI=1S/C9H2BrF9O/c10-3-1-4(7(11,12)13)6(20-9(17,18)19)5(2-3)8(14,15)16/h1-2H. The van der Waals surface area contributed by atoms with Gasteiger partial charge in [0.2, 0.25) is 0 Å². The third-order valence-electron chi connectivity index (χ3n) is 1.88. The lowest BCUT2D eigenvalue weighted by Gasteiger charge is -2.20. The van der Waals surface area contributed by atoms with Crippen LogP contribution < -0.4 is 4.74 Å². The van der Waals surface area contributed by atoms with E-state index in [0.29, 0.717) is 0 Å². The van der Waals surface area contributed by atoms with Gasteiger partial charge in [0.15, 0.2) is 5.75 Å². The molecule has 0 bridgehead atoms. The van der Waals surface area contributed by atoms with Gasteiger partial charge in [-0.3, -0.25) is 0 Å². The van der Waals surface area contributed by atoms with Gasteiger partial charge in [0, 0.05) is 4.47 Å². The van der Waals surface area contributed by atoms with Crippen molar-refractivity contribution in [1.29, 1.82) is 0 Å². The molecule has 1 aromatic carbocycles. The Morgan fingerprint density at radius 3 is 1.35 bits per heavy atom. The predicted octanol–water partition coefficient (Wildman–Crippen LogP) is 5.39. The van der Waals surface area contributed by atoms with Crippen molar-refractivity contribution in [2.24, 2.45) is 0 Å². The van der Waals surface area contributed by atoms with Crippen molar-refractivity contribution in [2.75, 3.05) is 0 Å². The van der Waals surface area contributed by atoms with E-state index in [1.54, 1.807) is 0 Å². The van der Waals surface area contributed by atoms with Gasteiger partial charge in [-0.15, -0.1) is 13.2 Å². The van der Waals surface area contributed by atoms with Crippen molar-refractivity contribution >= 4 is 15.9 Å². The number of alkyl halides is 9. The van der Waals surface area contributed by atoms with Crippen molar-refractivity contribution in [2.45, 2.75) is 18.7 Å². The van der Waals surface area contributed by atoms with E-state index in [9.17, 15) is 39.5 Å². The third kappa shape index (κ3) is 4.18. The summed E-state index contributed by atoms with van der Waals surface area (Å²) < 4.78 is 113. The highest BCUT2D eigenvalue weighted by Crippen LogP contribution is 2.47. The van der Waals surface area contributed by atoms with Crippen molar-refractivity contribution in [1.82, 2.24) is 0 Å². The third-order valence-corrected chi connectivity index (χ3v) is 2.34. The summed E-state index contributed by atoms with van der Waals surface area (Å²) in [4.78, 5) is 0. The van der Waals surface area contributed by atoms with Crippen LogP contribution in [0.5, 0.6) is 5.75 Å². The Morgan fingerprint density at radius 1 is 0.750 bits per heavy atom. The summed E-state index contributed by atoms with van der Waals surface area (Å²) in [5.41, 5.74) is -4.37. The fourth-order valence-corrected chi connectivity index (χ4v) is 1.70. The molecule has 0 N–H and O–H groups in total. The van der Waals surface area contributed by atoms with Crippen LogP contribution in [0.4, 0.5) is 39.5 Å². The second-order valence-corrected chi connectivity index (χ2v) is 4.29. The van der Waals surface area contributed by atoms with Crippen molar-refractivity contribution in [3.8, 4) is 5.75 Å². The van der Waals surface area contributed by atoms with Crippen LogP contribution in [-0.2, 0) is 12.4 Å². The van der Waals surface area contributed by atoms with E-state index in [0.717, 1.165) is 0 Å². The highest BCUT2D eigenvalue weighted by molar-refractivity contribution is 9.10. The quantitative estimate of drug-likeness (QED) is 0.597. The van der Waals surface area contributed by atoms with Crippen molar-refractivity contribution < 1.29 is 44.3 Å². The molecule has 0 radical (unpaired) electrons. The largest absolute Gasteiger partial charge is 0.573 e. The molecular weight excluding hydrogens is 375 g/mol. The summed E-state index contributed by atoms with van der Waals surface area (Å²) in [6.45, 7) is 0. The summed E-state index contributed by atoms with van der Waals surface area (Å²) >= 11 is 2.37. The van der Waals surface area contributed by atoms with E-state index >= 15 is 0 Å². The molecule has 1 aromatic rings. The Bertz CT molecular complexity index is 465. The number of ether oxygens (including phenoxy) is 1. The van der Waals surface area contributed by atoms with Crippen molar-refractivity contribution in [3.63, 3.8) is 0 Å². The molecule has 0 saturated heterocycles. The maximum absolute atomic E-state index is 12.5. The zero-order valence-electron chi connectivity index (χ0n) is 8.84. The molecule has 0 heterocycles. The monoisotopic (exact) mass is 376 g/mol. The molecule has 0 aromatic heterocycles. The molecule has 0 unspecified atom stereocenters. The molecule has 0 amide bonds. The summed E-state index contributed by atoms with van der Waals surface area (Å²) in [6.07, 6.45) is -16.6. The molecule has 114 valence electrons. The van der Waals surface area contributed by atoms with Gasteiger partial charge in [0.05, 0.1) is 11.1 Å². The van der Waals surface area contributed by atoms with Crippen LogP contribution in [-0.4, -0.2) is 6.36 Å². The van der Waals surface area contributed by atoms with Crippen LogP contribution in [0.25, 0.3) is 0 Å². The molecule has 0 fully saturated rings. The first kappa shape index (κ1) is 16.9. The average Bonchev–Trinajstić information content (AvgIpc) is 2.14. The number of benzene rings is 1. The van der Waals surface area contributed by atoms with Crippen LogP contribution in [0.15, 0.2) is 16.6 Å². The van der Waals surface area contributed by atoms with Gasteiger partial charge in [-0.25, -0.2) is 0 Å². The molecule has 0 atom stereocenters. The Balaban J connectivity index is 3.63. The number of rotatable bonds is 1. The van der Waals surface area contributed by atoms with Gasteiger partial charge in [-0.1, -0.05) is 15.9 Å². The van der Waals surface area contributed by atoms with E-state index < -0.39 is 40.1 Å². The minimum Gasteiger partial charge on any atom is -0.404 e. The molecule has 11 heteroatoms. The minimum absolute atomic E-state index is 0.0658. The second-order valence-electron chi connectivity index (χ2n) is 3.37. The SMILES string of the molecule is FC(F)(F)Oc1c(C(F)(F)F)cc(Br)cc1C(F)(F)F. The first-order valence-electron chi connectivity index (χ1n) is 4.45. The van der Waals surface area contributed by atoms with Crippen molar-refractivity contribution in [3.05, 3.63) is 27.7 Å². The van der Waals surface area contributed by atoms with E-state index in [4.69, 9.17) is 0 Å². The highest BCUT2D eigenvalue weighted by Gasteiger charge is 2.46. The van der Waals surface area contributed by atoms with Crippen LogP contribution in [0, 0.1) is 0 Å². The lowest BCUT2D eigenvalue weighted by atomic mass is 10.1. The molecule has 0 aliphatic heterocycles. The normalized spacial score (nSPS) is 13.5.